The number of para-hydroxylation sites is 6. The first-order valence-electron chi connectivity index (χ1n) is 24.0. The number of aromatic nitrogens is 8. The summed E-state index contributed by atoms with van der Waals surface area (Å²) in [4.78, 5) is 46.5. The fourth-order valence-corrected chi connectivity index (χ4v) is 10.8. The molecule has 74 heavy (non-hydrogen) atoms. The molecular weight excluding hydrogens is 933 g/mol. The van der Waals surface area contributed by atoms with Crippen LogP contribution in [0.15, 0.2) is 241 Å². The van der Waals surface area contributed by atoms with E-state index in [1.165, 1.54) is 0 Å². The summed E-state index contributed by atoms with van der Waals surface area (Å²) in [6.07, 6.45) is 10.7. The molecule has 0 bridgehead atoms. The molecule has 0 spiro atoms. The molecule has 0 N–H and O–H groups in total. The number of benzene rings is 6. The summed E-state index contributed by atoms with van der Waals surface area (Å²) in [5.41, 5.74) is 13.2. The van der Waals surface area contributed by atoms with Gasteiger partial charge in [0.2, 0.25) is 0 Å². The molecule has 0 radical (unpaired) electrons. The van der Waals surface area contributed by atoms with Crippen molar-refractivity contribution in [2.24, 2.45) is 0 Å². The standard InChI is InChI=1S/C62H38N10OS/c1-5-23-57-52(19-1)72(53-20-2-6-24-58(53)73-57)56-34-42(71-54-21-3-7-25-59(54)74-60-26-8-4-22-55(60)71)33-43-44(51-36-49(40-16-14-28-64-38-40)68-62(70-51)47-18-10-12-30-66-47)31-41(32-45(43)56)50-35-48(39-15-13-27-63-37-39)67-61(69-50)46-17-9-11-29-65-46/h1-38H. The first-order valence-corrected chi connectivity index (χ1v) is 24.8. The van der Waals surface area contributed by atoms with E-state index in [1.54, 1.807) is 36.5 Å². The molecule has 0 atom stereocenters. The van der Waals surface area contributed by atoms with Crippen LogP contribution in [0.1, 0.15) is 0 Å². The van der Waals surface area contributed by atoms with Gasteiger partial charge in [0.25, 0.3) is 0 Å². The van der Waals surface area contributed by atoms with Gasteiger partial charge in [-0.05, 0) is 139 Å². The van der Waals surface area contributed by atoms with Crippen LogP contribution in [0, 0.1) is 0 Å². The summed E-state index contributed by atoms with van der Waals surface area (Å²) >= 11 is 1.78. The predicted octanol–water partition coefficient (Wildman–Crippen LogP) is 15.5. The average Bonchev–Trinajstić information content (AvgIpc) is 3.48. The molecule has 0 saturated heterocycles. The second kappa shape index (κ2) is 18.0. The van der Waals surface area contributed by atoms with Crippen molar-refractivity contribution in [3.8, 4) is 79.6 Å². The normalized spacial score (nSPS) is 12.3. The third-order valence-corrected chi connectivity index (χ3v) is 14.3. The second-order valence-corrected chi connectivity index (χ2v) is 18.8. The van der Waals surface area contributed by atoms with E-state index in [2.05, 4.69) is 123 Å². The van der Waals surface area contributed by atoms with Crippen LogP contribution in [-0.2, 0) is 0 Å². The molecule has 6 aromatic heterocycles. The molecule has 2 aliphatic heterocycles. The summed E-state index contributed by atoms with van der Waals surface area (Å²) in [6, 6.07) is 66.2. The van der Waals surface area contributed by atoms with Gasteiger partial charge in [-0.1, -0.05) is 72.4 Å². The molecular formula is C62H38N10OS. The van der Waals surface area contributed by atoms with Crippen molar-refractivity contribution < 1.29 is 4.74 Å². The topological polar surface area (TPSA) is 119 Å². The molecule has 12 heteroatoms. The lowest BCUT2D eigenvalue weighted by Crippen LogP contribution is -2.18. The Morgan fingerprint density at radius 3 is 1.42 bits per heavy atom. The molecule has 6 aromatic carbocycles. The minimum absolute atomic E-state index is 0.474. The molecule has 11 nitrogen and oxygen atoms in total. The Balaban J connectivity index is 1.13. The zero-order chi connectivity index (χ0) is 49.0. The number of nitrogens with zero attached hydrogens (tertiary/aromatic N) is 10. The number of rotatable bonds is 8. The Morgan fingerprint density at radius 2 is 0.865 bits per heavy atom. The molecule has 0 saturated carbocycles. The smallest absolute Gasteiger partial charge is 0.179 e. The van der Waals surface area contributed by atoms with E-state index in [4.69, 9.17) is 34.6 Å². The molecule has 12 aromatic rings. The summed E-state index contributed by atoms with van der Waals surface area (Å²) in [5.74, 6) is 2.43. The van der Waals surface area contributed by atoms with E-state index in [0.29, 0.717) is 45.8 Å². The number of hydrogen-bond acceptors (Lipinski definition) is 12. The second-order valence-electron chi connectivity index (χ2n) is 17.7. The molecule has 0 fully saturated rings. The number of fused-ring (bicyclic) bond motifs is 5. The molecule has 0 unspecified atom stereocenters. The van der Waals surface area contributed by atoms with Gasteiger partial charge in [-0.25, -0.2) is 19.9 Å². The van der Waals surface area contributed by atoms with Gasteiger partial charge < -0.3 is 14.5 Å². The van der Waals surface area contributed by atoms with E-state index in [0.717, 1.165) is 88.4 Å². The van der Waals surface area contributed by atoms with Crippen molar-refractivity contribution >= 4 is 56.7 Å². The van der Waals surface area contributed by atoms with Crippen molar-refractivity contribution in [1.29, 1.82) is 0 Å². The van der Waals surface area contributed by atoms with Gasteiger partial charge in [-0.2, -0.15) is 0 Å². The van der Waals surface area contributed by atoms with Crippen molar-refractivity contribution in [3.63, 3.8) is 0 Å². The summed E-state index contributed by atoms with van der Waals surface area (Å²) in [7, 11) is 0. The maximum Gasteiger partial charge on any atom is 0.179 e. The van der Waals surface area contributed by atoms with Gasteiger partial charge in [-0.3, -0.25) is 19.9 Å². The Labute approximate surface area is 429 Å². The average molecular weight is 971 g/mol. The Morgan fingerprint density at radius 1 is 0.351 bits per heavy atom. The number of anilines is 6. The van der Waals surface area contributed by atoms with Crippen molar-refractivity contribution in [2.75, 3.05) is 9.80 Å². The molecule has 0 amide bonds. The first-order chi connectivity index (χ1) is 36.7. The molecule has 348 valence electrons. The summed E-state index contributed by atoms with van der Waals surface area (Å²) in [5, 5.41) is 1.87. The first kappa shape index (κ1) is 42.9. The fourth-order valence-electron chi connectivity index (χ4n) is 9.77. The van der Waals surface area contributed by atoms with Gasteiger partial charge in [0, 0.05) is 80.3 Å². The lowest BCUT2D eigenvalue weighted by atomic mass is 9.93. The molecule has 14 rings (SSSR count). The maximum atomic E-state index is 6.68. The Bertz CT molecular complexity index is 3900. The van der Waals surface area contributed by atoms with Gasteiger partial charge in [-0.15, -0.1) is 0 Å². The quantitative estimate of drug-likeness (QED) is 0.144. The van der Waals surface area contributed by atoms with Crippen LogP contribution in [0.2, 0.25) is 0 Å². The molecule has 0 aliphatic carbocycles. The van der Waals surface area contributed by atoms with Crippen molar-refractivity contribution in [1.82, 2.24) is 39.9 Å². The minimum Gasteiger partial charge on any atom is -0.453 e. The summed E-state index contributed by atoms with van der Waals surface area (Å²) < 4.78 is 6.68. The zero-order valence-corrected chi connectivity index (χ0v) is 40.0. The predicted molar refractivity (Wildman–Crippen MR) is 292 cm³/mol. The Kier molecular flexibility index (Phi) is 10.5. The summed E-state index contributed by atoms with van der Waals surface area (Å²) in [6.45, 7) is 0. The third-order valence-electron chi connectivity index (χ3n) is 13.1. The van der Waals surface area contributed by atoms with Crippen LogP contribution in [0.5, 0.6) is 11.5 Å². The monoisotopic (exact) mass is 970 g/mol. The van der Waals surface area contributed by atoms with Crippen molar-refractivity contribution in [3.05, 3.63) is 231 Å². The number of hydrogen-bond donors (Lipinski definition) is 0. The van der Waals surface area contributed by atoms with Gasteiger partial charge >= 0.3 is 0 Å². The highest BCUT2D eigenvalue weighted by atomic mass is 32.2. The lowest BCUT2D eigenvalue weighted by Gasteiger charge is -2.36. The molecule has 2 aliphatic rings. The van der Waals surface area contributed by atoms with E-state index < -0.39 is 0 Å². The Hall–Kier alpha value is -9.91. The van der Waals surface area contributed by atoms with Crippen LogP contribution in [-0.4, -0.2) is 39.9 Å². The van der Waals surface area contributed by atoms with Gasteiger partial charge in [0.1, 0.15) is 11.4 Å². The van der Waals surface area contributed by atoms with Crippen LogP contribution in [0.3, 0.4) is 0 Å². The number of ether oxygens (including phenoxy) is 1. The molecule has 8 heterocycles. The van der Waals surface area contributed by atoms with Crippen LogP contribution < -0.4 is 14.5 Å². The van der Waals surface area contributed by atoms with Crippen molar-refractivity contribution in [2.45, 2.75) is 9.79 Å². The van der Waals surface area contributed by atoms with E-state index in [1.807, 2.05) is 103 Å². The lowest BCUT2D eigenvalue weighted by molar-refractivity contribution is 0.477. The third kappa shape index (κ3) is 7.65. The highest BCUT2D eigenvalue weighted by Crippen LogP contribution is 2.56. The maximum absolute atomic E-state index is 6.68. The van der Waals surface area contributed by atoms with Crippen LogP contribution >= 0.6 is 11.8 Å². The number of pyridine rings is 4. The van der Waals surface area contributed by atoms with E-state index in [9.17, 15) is 0 Å². The highest BCUT2D eigenvalue weighted by Gasteiger charge is 2.31. The van der Waals surface area contributed by atoms with E-state index in [-0.39, 0.29) is 0 Å². The van der Waals surface area contributed by atoms with Gasteiger partial charge in [0.05, 0.1) is 51.2 Å². The minimum atomic E-state index is 0.474. The zero-order valence-electron chi connectivity index (χ0n) is 39.2. The van der Waals surface area contributed by atoms with Crippen LogP contribution in [0.25, 0.3) is 78.8 Å². The largest absolute Gasteiger partial charge is 0.453 e. The van der Waals surface area contributed by atoms with Crippen LogP contribution in [0.4, 0.5) is 34.1 Å². The SMILES string of the molecule is c1ccc(-c2nc(-c3cccnc3)cc(-c3cc(-c4cc(-c5cccnc5)nc(-c5ccccn5)n4)c4cc(N5c6ccccc6Sc6ccccc65)cc(N5c6ccccc6Oc6ccccc65)c4c3)n2)nc1. The highest BCUT2D eigenvalue weighted by molar-refractivity contribution is 7.99. The van der Waals surface area contributed by atoms with Gasteiger partial charge in [0.15, 0.2) is 23.1 Å². The van der Waals surface area contributed by atoms with E-state index >= 15 is 0 Å². The fraction of sp³-hybridized carbons (Fsp3) is 0.